The van der Waals surface area contributed by atoms with E-state index in [0.717, 1.165) is 5.52 Å². The number of anilines is 1. The highest BCUT2D eigenvalue weighted by Crippen LogP contribution is 2.30. The number of nitrogens with zero attached hydrogens (tertiary/aromatic N) is 6. The van der Waals surface area contributed by atoms with Crippen molar-refractivity contribution in [2.75, 3.05) is 10.1 Å². The first-order valence-electron chi connectivity index (χ1n) is 9.28. The minimum atomic E-state index is -3.63. The fraction of sp³-hybridized carbons (Fsp3) is 0.263. The number of rotatable bonds is 7. The lowest BCUT2D eigenvalue weighted by Crippen LogP contribution is -2.32. The summed E-state index contributed by atoms with van der Waals surface area (Å²) in [7, 11) is -1.85. The average molecular weight is 448 g/mol. The molecule has 0 unspecified atom stereocenters. The molecule has 9 nitrogen and oxygen atoms in total. The van der Waals surface area contributed by atoms with Crippen LogP contribution in [0.15, 0.2) is 47.1 Å². The number of hydrogen-bond donors (Lipinski definition) is 0. The predicted octanol–water partition coefficient (Wildman–Crippen LogP) is 3.31. The van der Waals surface area contributed by atoms with Gasteiger partial charge in [-0.2, -0.15) is 13.9 Å². The van der Waals surface area contributed by atoms with Crippen LogP contribution in [0.4, 0.5) is 14.5 Å². The van der Waals surface area contributed by atoms with E-state index in [0.29, 0.717) is 22.3 Å². The first kappa shape index (κ1) is 20.8. The quantitative estimate of drug-likeness (QED) is 0.427. The van der Waals surface area contributed by atoms with Gasteiger partial charge < -0.3 is 4.42 Å². The lowest BCUT2D eigenvalue weighted by Gasteiger charge is -2.24. The molecular formula is C19H18F2N6O3S. The van der Waals surface area contributed by atoms with Crippen molar-refractivity contribution in [2.45, 2.75) is 19.9 Å². The minimum absolute atomic E-state index is 0.0173. The van der Waals surface area contributed by atoms with Crippen LogP contribution in [0.2, 0.25) is 0 Å². The zero-order chi connectivity index (χ0) is 22.2. The van der Waals surface area contributed by atoms with Crippen LogP contribution in [-0.2, 0) is 23.6 Å². The highest BCUT2D eigenvalue weighted by Gasteiger charge is 2.24. The summed E-state index contributed by atoms with van der Waals surface area (Å²) in [6, 6.07) is 8.49. The van der Waals surface area contributed by atoms with Crippen LogP contribution in [0.25, 0.3) is 22.4 Å². The Morgan fingerprint density at radius 2 is 1.97 bits per heavy atom. The number of halogens is 2. The Labute approximate surface area is 176 Å². The van der Waals surface area contributed by atoms with Gasteiger partial charge in [0.15, 0.2) is 0 Å². The van der Waals surface area contributed by atoms with Crippen LogP contribution in [0.5, 0.6) is 0 Å². The van der Waals surface area contributed by atoms with E-state index in [1.807, 2.05) is 6.07 Å². The number of aryl methyl sites for hydroxylation is 1. The van der Waals surface area contributed by atoms with Gasteiger partial charge in [0.05, 0.1) is 41.0 Å². The molecule has 3 aromatic heterocycles. The van der Waals surface area contributed by atoms with Gasteiger partial charge in [-0.25, -0.2) is 8.42 Å². The van der Waals surface area contributed by atoms with Crippen LogP contribution in [0, 0.1) is 0 Å². The lowest BCUT2D eigenvalue weighted by molar-refractivity contribution is 0.116. The molecule has 0 saturated heterocycles. The Bertz CT molecular complexity index is 1320. The van der Waals surface area contributed by atoms with E-state index < -0.39 is 22.3 Å². The Morgan fingerprint density at radius 1 is 1.16 bits per heavy atom. The van der Waals surface area contributed by atoms with Gasteiger partial charge in [-0.3, -0.25) is 14.0 Å². The van der Waals surface area contributed by atoms with Gasteiger partial charge in [0.2, 0.25) is 15.9 Å². The monoisotopic (exact) mass is 448 g/mol. The predicted molar refractivity (Wildman–Crippen MR) is 109 cm³/mol. The third kappa shape index (κ3) is 3.98. The summed E-state index contributed by atoms with van der Waals surface area (Å²) in [5.41, 5.74) is 2.10. The second-order valence-corrected chi connectivity index (χ2v) is 8.85. The van der Waals surface area contributed by atoms with Crippen molar-refractivity contribution in [3.63, 3.8) is 0 Å². The Kier molecular flexibility index (Phi) is 5.39. The number of alkyl halides is 2. The van der Waals surface area contributed by atoms with Crippen LogP contribution in [-0.4, -0.2) is 39.1 Å². The number of benzene rings is 1. The minimum Gasteiger partial charge on any atom is -0.415 e. The summed E-state index contributed by atoms with van der Waals surface area (Å²) < 4.78 is 58.9. The summed E-state index contributed by atoms with van der Waals surface area (Å²) in [6.45, 7) is 1.55. The maximum absolute atomic E-state index is 12.9. The third-order valence-electron chi connectivity index (χ3n) is 4.74. The molecular weight excluding hydrogens is 430 g/mol. The number of hydrogen-bond acceptors (Lipinski definition) is 7. The first-order valence-corrected chi connectivity index (χ1v) is 10.9. The molecule has 0 atom stereocenters. The van der Waals surface area contributed by atoms with Crippen molar-refractivity contribution in [3.8, 4) is 11.5 Å². The third-order valence-corrected chi connectivity index (χ3v) is 6.47. The molecule has 0 aliphatic carbocycles. The Hall–Kier alpha value is -3.41. The molecule has 0 saturated carbocycles. The molecule has 0 radical (unpaired) electrons. The molecule has 0 N–H and O–H groups in total. The van der Waals surface area contributed by atoms with E-state index in [-0.39, 0.29) is 18.2 Å². The van der Waals surface area contributed by atoms with Crippen LogP contribution in [0.1, 0.15) is 24.9 Å². The van der Waals surface area contributed by atoms with Crippen LogP contribution < -0.4 is 4.31 Å². The molecule has 0 amide bonds. The highest BCUT2D eigenvalue weighted by atomic mass is 32.2. The second-order valence-electron chi connectivity index (χ2n) is 6.67. The van der Waals surface area contributed by atoms with Crippen LogP contribution >= 0.6 is 0 Å². The van der Waals surface area contributed by atoms with Gasteiger partial charge in [0.1, 0.15) is 0 Å². The van der Waals surface area contributed by atoms with Gasteiger partial charge in [-0.15, -0.1) is 10.2 Å². The van der Waals surface area contributed by atoms with E-state index in [4.69, 9.17) is 4.42 Å². The van der Waals surface area contributed by atoms with Crippen molar-refractivity contribution in [3.05, 3.63) is 54.3 Å². The van der Waals surface area contributed by atoms with Gasteiger partial charge in [0.25, 0.3) is 5.89 Å². The molecule has 12 heteroatoms. The zero-order valence-electron chi connectivity index (χ0n) is 16.6. The van der Waals surface area contributed by atoms with Gasteiger partial charge >= 0.3 is 6.43 Å². The maximum atomic E-state index is 12.9. The fourth-order valence-electron chi connectivity index (χ4n) is 3.10. The number of fused-ring (bicyclic) bond motifs is 1. The summed E-state index contributed by atoms with van der Waals surface area (Å²) in [5.74, 6) is -0.962. The Balaban J connectivity index is 1.68. The molecule has 0 fully saturated rings. The van der Waals surface area contributed by atoms with E-state index >= 15 is 0 Å². The molecule has 3 heterocycles. The van der Waals surface area contributed by atoms with Crippen molar-refractivity contribution in [2.24, 2.45) is 7.05 Å². The van der Waals surface area contributed by atoms with Crippen molar-refractivity contribution in [1.29, 1.82) is 0 Å². The van der Waals surface area contributed by atoms with E-state index in [1.165, 1.54) is 10.5 Å². The maximum Gasteiger partial charge on any atom is 0.314 e. The largest absolute Gasteiger partial charge is 0.415 e. The molecule has 31 heavy (non-hydrogen) atoms. The van der Waals surface area contributed by atoms with Crippen molar-refractivity contribution in [1.82, 2.24) is 25.0 Å². The van der Waals surface area contributed by atoms with Crippen molar-refractivity contribution < 1.29 is 21.6 Å². The van der Waals surface area contributed by atoms with Gasteiger partial charge in [-0.05, 0) is 31.2 Å². The van der Waals surface area contributed by atoms with Gasteiger partial charge in [-0.1, -0.05) is 6.07 Å². The fourth-order valence-corrected chi connectivity index (χ4v) is 4.20. The van der Waals surface area contributed by atoms with Crippen molar-refractivity contribution >= 4 is 26.6 Å². The van der Waals surface area contributed by atoms with E-state index in [9.17, 15) is 17.2 Å². The molecule has 0 spiro atoms. The number of pyridine rings is 1. The smallest absolute Gasteiger partial charge is 0.314 e. The lowest BCUT2D eigenvalue weighted by atomic mass is 10.2. The topological polar surface area (TPSA) is 107 Å². The summed E-state index contributed by atoms with van der Waals surface area (Å²) in [4.78, 5) is 4.27. The van der Waals surface area contributed by atoms with Gasteiger partial charge in [0, 0.05) is 18.6 Å². The van der Waals surface area contributed by atoms with E-state index in [2.05, 4.69) is 20.3 Å². The number of sulfonamides is 1. The molecule has 4 aromatic rings. The number of aromatic nitrogens is 5. The molecule has 4 rings (SSSR count). The summed E-state index contributed by atoms with van der Waals surface area (Å²) in [5, 5.41) is 11.8. The molecule has 1 aromatic carbocycles. The molecule has 0 bridgehead atoms. The standard InChI is InChI=1S/C19H18F2N6O3S/c1-3-31(28,29)27(16-6-4-5-15-14(16)10-23-26(15)2)11-13-8-7-12(9-22-13)18-24-25-19(30-18)17(20)21/h4-10,17H,3,11H2,1-2H3. The second kappa shape index (κ2) is 8.02. The van der Waals surface area contributed by atoms with Crippen LogP contribution in [0.3, 0.4) is 0 Å². The highest BCUT2D eigenvalue weighted by molar-refractivity contribution is 7.92. The average Bonchev–Trinajstić information content (AvgIpc) is 3.40. The SMILES string of the molecule is CCS(=O)(=O)N(Cc1ccc(-c2nnc(C(F)F)o2)cn1)c1cccc2c1cnn2C. The van der Waals surface area contributed by atoms with E-state index in [1.54, 1.807) is 49.1 Å². The summed E-state index contributed by atoms with van der Waals surface area (Å²) >= 11 is 0. The molecule has 0 aliphatic rings. The normalized spacial score (nSPS) is 12.0. The molecule has 0 aliphatic heterocycles. The summed E-state index contributed by atoms with van der Waals surface area (Å²) in [6.07, 6.45) is 0.131. The first-order chi connectivity index (χ1) is 14.8. The Morgan fingerprint density at radius 3 is 2.61 bits per heavy atom. The zero-order valence-corrected chi connectivity index (χ0v) is 17.4. The molecule has 162 valence electrons.